The fourth-order valence-corrected chi connectivity index (χ4v) is 2.30. The fraction of sp³-hybridized carbons (Fsp3) is 0.312. The van der Waals surface area contributed by atoms with Gasteiger partial charge in [-0.05, 0) is 32.2 Å². The maximum Gasteiger partial charge on any atom is 0.341 e. The number of aryl methyl sites for hydroxylation is 1. The molecule has 0 aromatic carbocycles. The summed E-state index contributed by atoms with van der Waals surface area (Å²) in [4.78, 5) is 13.5. The van der Waals surface area contributed by atoms with Crippen molar-refractivity contribution >= 4 is 5.97 Å². The third kappa shape index (κ3) is 3.38. The van der Waals surface area contributed by atoms with Crippen LogP contribution in [0.2, 0.25) is 0 Å². The lowest BCUT2D eigenvalue weighted by atomic mass is 10.2. The second-order valence-corrected chi connectivity index (χ2v) is 5.32. The van der Waals surface area contributed by atoms with Gasteiger partial charge in [0.15, 0.2) is 5.76 Å². The molecule has 0 unspecified atom stereocenters. The molecule has 0 radical (unpaired) electrons. The zero-order valence-electron chi connectivity index (χ0n) is 13.6. The number of ether oxygens (including phenoxy) is 1. The Morgan fingerprint density at radius 3 is 2.83 bits per heavy atom. The molecule has 0 amide bonds. The number of nitrogens with zero attached hydrogens (tertiary/aromatic N) is 3. The maximum absolute atomic E-state index is 11.6. The summed E-state index contributed by atoms with van der Waals surface area (Å²) in [6, 6.07) is 5.18. The van der Waals surface area contributed by atoms with Gasteiger partial charge < -0.3 is 18.0 Å². The van der Waals surface area contributed by atoms with Crippen LogP contribution < -0.4 is 0 Å². The monoisotopic (exact) mass is 331 g/mol. The third-order valence-corrected chi connectivity index (χ3v) is 3.40. The third-order valence-electron chi connectivity index (χ3n) is 3.40. The van der Waals surface area contributed by atoms with Crippen LogP contribution in [-0.4, -0.2) is 35.2 Å². The number of hydrogen-bond acceptors (Lipinski definition) is 8. The summed E-state index contributed by atoms with van der Waals surface area (Å²) < 4.78 is 21.1. The molecule has 3 rings (SSSR count). The predicted octanol–water partition coefficient (Wildman–Crippen LogP) is 2.65. The van der Waals surface area contributed by atoms with E-state index in [1.807, 2.05) is 11.9 Å². The zero-order valence-corrected chi connectivity index (χ0v) is 13.6. The minimum Gasteiger partial charge on any atom is -0.465 e. The molecule has 3 aromatic heterocycles. The van der Waals surface area contributed by atoms with E-state index in [0.717, 1.165) is 0 Å². The standard InChI is InChI=1S/C16H17N3O5/c1-10-12(16(20)21-3)7-11(23-10)8-19(2)9-14-17-18-15(24-14)13-5-4-6-22-13/h4-7H,8-9H2,1-3H3. The minimum absolute atomic E-state index is 0.338. The van der Waals surface area contributed by atoms with Crippen molar-refractivity contribution in [2.45, 2.75) is 20.0 Å². The van der Waals surface area contributed by atoms with Crippen LogP contribution in [0.25, 0.3) is 11.7 Å². The molecule has 0 aliphatic heterocycles. The van der Waals surface area contributed by atoms with Crippen molar-refractivity contribution < 1.29 is 22.8 Å². The Labute approximate surface area is 138 Å². The van der Waals surface area contributed by atoms with E-state index in [0.29, 0.717) is 47.7 Å². The molecule has 0 fully saturated rings. The Bertz CT molecular complexity index is 819. The topological polar surface area (TPSA) is 94.7 Å². The highest BCUT2D eigenvalue weighted by atomic mass is 16.5. The van der Waals surface area contributed by atoms with Gasteiger partial charge in [0.25, 0.3) is 5.89 Å². The molecule has 126 valence electrons. The van der Waals surface area contributed by atoms with Crippen molar-refractivity contribution in [2.24, 2.45) is 0 Å². The molecule has 0 aliphatic rings. The summed E-state index contributed by atoms with van der Waals surface area (Å²) in [5.41, 5.74) is 0.429. The number of carbonyl (C=O) groups excluding carboxylic acids is 1. The Morgan fingerprint density at radius 1 is 1.29 bits per heavy atom. The molecular formula is C16H17N3O5. The van der Waals surface area contributed by atoms with Crippen LogP contribution >= 0.6 is 0 Å². The summed E-state index contributed by atoms with van der Waals surface area (Å²) in [6.45, 7) is 2.64. The normalized spacial score (nSPS) is 11.2. The Kier molecular flexibility index (Phi) is 4.48. The molecule has 3 heterocycles. The van der Waals surface area contributed by atoms with Gasteiger partial charge in [0, 0.05) is 0 Å². The van der Waals surface area contributed by atoms with Crippen molar-refractivity contribution in [3.63, 3.8) is 0 Å². The predicted molar refractivity (Wildman–Crippen MR) is 82.0 cm³/mol. The zero-order chi connectivity index (χ0) is 17.1. The fourth-order valence-electron chi connectivity index (χ4n) is 2.30. The molecule has 0 spiro atoms. The molecule has 0 saturated carbocycles. The molecule has 0 aliphatic carbocycles. The largest absolute Gasteiger partial charge is 0.465 e. The first-order valence-electron chi connectivity index (χ1n) is 7.29. The number of rotatable bonds is 6. The average Bonchev–Trinajstić information content (AvgIpc) is 3.27. The van der Waals surface area contributed by atoms with E-state index in [1.165, 1.54) is 7.11 Å². The van der Waals surface area contributed by atoms with E-state index in [4.69, 9.17) is 18.0 Å². The van der Waals surface area contributed by atoms with Crippen LogP contribution in [0.1, 0.15) is 27.8 Å². The Hall–Kier alpha value is -2.87. The van der Waals surface area contributed by atoms with Gasteiger partial charge in [-0.1, -0.05) is 0 Å². The highest BCUT2D eigenvalue weighted by Crippen LogP contribution is 2.20. The summed E-state index contributed by atoms with van der Waals surface area (Å²) in [5, 5.41) is 7.94. The number of methoxy groups -OCH3 is 1. The number of furan rings is 2. The molecule has 0 saturated heterocycles. The molecule has 0 bridgehead atoms. The summed E-state index contributed by atoms with van der Waals surface area (Å²) >= 11 is 0. The van der Waals surface area contributed by atoms with Gasteiger partial charge in [-0.3, -0.25) is 4.90 Å². The first-order chi connectivity index (χ1) is 11.6. The van der Waals surface area contributed by atoms with Gasteiger partial charge in [-0.15, -0.1) is 10.2 Å². The second-order valence-electron chi connectivity index (χ2n) is 5.32. The van der Waals surface area contributed by atoms with Crippen molar-refractivity contribution in [1.82, 2.24) is 15.1 Å². The van der Waals surface area contributed by atoms with Gasteiger partial charge in [0.2, 0.25) is 5.89 Å². The van der Waals surface area contributed by atoms with E-state index in [1.54, 1.807) is 31.4 Å². The quantitative estimate of drug-likeness (QED) is 0.636. The first kappa shape index (κ1) is 16.0. The Balaban J connectivity index is 1.64. The highest BCUT2D eigenvalue weighted by molar-refractivity contribution is 5.90. The molecule has 3 aromatic rings. The van der Waals surface area contributed by atoms with Crippen molar-refractivity contribution in [1.29, 1.82) is 0 Å². The Morgan fingerprint density at radius 2 is 2.12 bits per heavy atom. The molecular weight excluding hydrogens is 314 g/mol. The van der Waals surface area contributed by atoms with Gasteiger partial charge in [0.1, 0.15) is 17.1 Å². The molecule has 0 atom stereocenters. The summed E-state index contributed by atoms with van der Waals surface area (Å²) in [6.07, 6.45) is 1.55. The molecule has 8 nitrogen and oxygen atoms in total. The van der Waals surface area contributed by atoms with E-state index in [-0.39, 0.29) is 0 Å². The lowest BCUT2D eigenvalue weighted by molar-refractivity contribution is 0.0599. The van der Waals surface area contributed by atoms with Crippen LogP contribution in [0.15, 0.2) is 37.7 Å². The van der Waals surface area contributed by atoms with E-state index in [2.05, 4.69) is 10.2 Å². The summed E-state index contributed by atoms with van der Waals surface area (Å²) in [5.74, 6) is 2.10. The van der Waals surface area contributed by atoms with Gasteiger partial charge in [-0.2, -0.15) is 0 Å². The number of esters is 1. The van der Waals surface area contributed by atoms with E-state index >= 15 is 0 Å². The smallest absolute Gasteiger partial charge is 0.341 e. The van der Waals surface area contributed by atoms with Crippen LogP contribution in [0, 0.1) is 6.92 Å². The summed E-state index contributed by atoms with van der Waals surface area (Å²) in [7, 11) is 3.22. The highest BCUT2D eigenvalue weighted by Gasteiger charge is 2.17. The van der Waals surface area contributed by atoms with Crippen LogP contribution in [-0.2, 0) is 17.8 Å². The maximum atomic E-state index is 11.6. The number of hydrogen-bond donors (Lipinski definition) is 0. The van der Waals surface area contributed by atoms with E-state index in [9.17, 15) is 4.79 Å². The van der Waals surface area contributed by atoms with Crippen molar-refractivity contribution in [3.05, 3.63) is 47.4 Å². The molecule has 24 heavy (non-hydrogen) atoms. The van der Waals surface area contributed by atoms with Gasteiger partial charge in [0.05, 0.1) is 26.5 Å². The second kappa shape index (κ2) is 6.71. The minimum atomic E-state index is -0.412. The average molecular weight is 331 g/mol. The number of aromatic nitrogens is 2. The molecule has 8 heteroatoms. The van der Waals surface area contributed by atoms with E-state index < -0.39 is 5.97 Å². The first-order valence-corrected chi connectivity index (χ1v) is 7.29. The van der Waals surface area contributed by atoms with Crippen LogP contribution in [0.4, 0.5) is 0 Å². The SMILES string of the molecule is COC(=O)c1cc(CN(C)Cc2nnc(-c3ccco3)o2)oc1C. The van der Waals surface area contributed by atoms with Crippen LogP contribution in [0.5, 0.6) is 0 Å². The molecule has 0 N–H and O–H groups in total. The van der Waals surface area contributed by atoms with Gasteiger partial charge >= 0.3 is 5.97 Å². The lowest BCUT2D eigenvalue weighted by Gasteiger charge is -2.11. The number of carbonyl (C=O) groups is 1. The van der Waals surface area contributed by atoms with Crippen molar-refractivity contribution in [2.75, 3.05) is 14.2 Å². The van der Waals surface area contributed by atoms with Crippen LogP contribution in [0.3, 0.4) is 0 Å². The van der Waals surface area contributed by atoms with Gasteiger partial charge in [-0.25, -0.2) is 4.79 Å². The van der Waals surface area contributed by atoms with Crippen molar-refractivity contribution in [3.8, 4) is 11.7 Å². The lowest BCUT2D eigenvalue weighted by Crippen LogP contribution is -2.17.